The maximum Gasteiger partial charge on any atom is 0.293 e. The molecule has 12 heavy (non-hydrogen) atoms. The molecule has 1 aromatic heterocycles. The van der Waals surface area contributed by atoms with Gasteiger partial charge in [0, 0.05) is 0 Å². The van der Waals surface area contributed by atoms with Gasteiger partial charge in [0.1, 0.15) is 5.52 Å². The van der Waals surface area contributed by atoms with Crippen LogP contribution in [-0.2, 0) is 0 Å². The number of fused-ring (bicyclic) bond motifs is 1. The Kier molecular flexibility index (Phi) is 1.30. The molecule has 0 fully saturated rings. The van der Waals surface area contributed by atoms with Gasteiger partial charge in [-0.05, 0) is 18.6 Å². The molecular weight excluding hydrogens is 159 g/mol. The molecule has 0 bridgehead atoms. The summed E-state index contributed by atoms with van der Waals surface area (Å²) in [4.78, 5) is 3.67. The van der Waals surface area contributed by atoms with Crippen LogP contribution in [0.4, 0.5) is 10.4 Å². The van der Waals surface area contributed by atoms with E-state index in [2.05, 4.69) is 11.9 Å². The molecule has 0 atom stereocenters. The average molecular weight is 165 g/mol. The molecule has 1 heterocycles. The maximum atomic E-state index is 13.0. The number of aromatic nitrogens is 1. The highest BCUT2D eigenvalue weighted by Crippen LogP contribution is 2.22. The molecule has 0 amide bonds. The van der Waals surface area contributed by atoms with Crippen LogP contribution in [0.5, 0.6) is 0 Å². The second-order valence-corrected chi connectivity index (χ2v) is 2.44. The molecule has 2 N–H and O–H groups in total. The SMILES string of the molecule is [CH2]c1ccc(F)c2nc(N)oc12. The molecule has 3 nitrogen and oxygen atoms in total. The number of hydrogen-bond donors (Lipinski definition) is 1. The lowest BCUT2D eigenvalue weighted by molar-refractivity contribution is 0.621. The largest absolute Gasteiger partial charge is 0.423 e. The van der Waals surface area contributed by atoms with Crippen LogP contribution >= 0.6 is 0 Å². The van der Waals surface area contributed by atoms with E-state index >= 15 is 0 Å². The first-order valence-electron chi connectivity index (χ1n) is 3.35. The van der Waals surface area contributed by atoms with Gasteiger partial charge in [-0.15, -0.1) is 0 Å². The second-order valence-electron chi connectivity index (χ2n) is 2.44. The molecule has 0 unspecified atom stereocenters. The Morgan fingerprint density at radius 3 is 2.92 bits per heavy atom. The first-order valence-corrected chi connectivity index (χ1v) is 3.35. The minimum Gasteiger partial charge on any atom is -0.423 e. The highest BCUT2D eigenvalue weighted by molar-refractivity contribution is 5.79. The normalized spacial score (nSPS) is 10.8. The molecule has 4 heteroatoms. The third kappa shape index (κ3) is 0.845. The molecule has 1 aromatic carbocycles. The minimum absolute atomic E-state index is 0.0417. The molecule has 61 valence electrons. The fraction of sp³-hybridized carbons (Fsp3) is 0. The Bertz CT molecular complexity index is 397. The summed E-state index contributed by atoms with van der Waals surface area (Å²) in [5.41, 5.74) is 6.29. The predicted octanol–water partition coefficient (Wildman–Crippen LogP) is 1.73. The van der Waals surface area contributed by atoms with Gasteiger partial charge in [-0.25, -0.2) is 4.39 Å². The highest BCUT2D eigenvalue weighted by atomic mass is 19.1. The monoisotopic (exact) mass is 165 g/mol. The first kappa shape index (κ1) is 7.09. The fourth-order valence-corrected chi connectivity index (χ4v) is 1.04. The van der Waals surface area contributed by atoms with Crippen LogP contribution in [0.2, 0.25) is 0 Å². The summed E-state index contributed by atoms with van der Waals surface area (Å²) in [5, 5.41) is 0. The number of halogens is 1. The third-order valence-electron chi connectivity index (χ3n) is 1.59. The van der Waals surface area contributed by atoms with Crippen molar-refractivity contribution in [3.8, 4) is 0 Å². The predicted molar refractivity (Wildman–Crippen MR) is 42.8 cm³/mol. The lowest BCUT2D eigenvalue weighted by atomic mass is 10.2. The van der Waals surface area contributed by atoms with E-state index in [1.54, 1.807) is 0 Å². The number of nitrogens with zero attached hydrogens (tertiary/aromatic N) is 1. The van der Waals surface area contributed by atoms with Gasteiger partial charge in [-0.3, -0.25) is 0 Å². The number of oxazole rings is 1. The van der Waals surface area contributed by atoms with Crippen molar-refractivity contribution in [2.24, 2.45) is 0 Å². The van der Waals surface area contributed by atoms with E-state index in [4.69, 9.17) is 10.2 Å². The van der Waals surface area contributed by atoms with Crippen molar-refractivity contribution in [2.45, 2.75) is 0 Å². The summed E-state index contributed by atoms with van der Waals surface area (Å²) in [6, 6.07) is 2.76. The van der Waals surface area contributed by atoms with Gasteiger partial charge >= 0.3 is 0 Å². The Balaban J connectivity index is 2.93. The summed E-state index contributed by atoms with van der Waals surface area (Å²) in [6.07, 6.45) is 0. The van der Waals surface area contributed by atoms with Crippen molar-refractivity contribution in [2.75, 3.05) is 5.73 Å². The fourth-order valence-electron chi connectivity index (χ4n) is 1.04. The lowest BCUT2D eigenvalue weighted by Gasteiger charge is -1.91. The zero-order valence-corrected chi connectivity index (χ0v) is 6.17. The van der Waals surface area contributed by atoms with Crippen LogP contribution in [0.3, 0.4) is 0 Å². The molecule has 0 saturated carbocycles. The van der Waals surface area contributed by atoms with Crippen molar-refractivity contribution in [3.05, 3.63) is 30.4 Å². The molecule has 0 aliphatic rings. The minimum atomic E-state index is -0.446. The van der Waals surface area contributed by atoms with Crippen molar-refractivity contribution < 1.29 is 8.81 Å². The summed E-state index contributed by atoms with van der Waals surface area (Å²) >= 11 is 0. The molecule has 0 saturated heterocycles. The van der Waals surface area contributed by atoms with Crippen molar-refractivity contribution in [1.82, 2.24) is 4.98 Å². The Labute approximate surface area is 68.0 Å². The van der Waals surface area contributed by atoms with E-state index in [-0.39, 0.29) is 11.5 Å². The summed E-state index contributed by atoms with van der Waals surface area (Å²) in [6.45, 7) is 3.65. The molecule has 2 rings (SSSR count). The number of anilines is 1. The molecule has 0 aliphatic heterocycles. The number of benzene rings is 1. The van der Waals surface area contributed by atoms with Gasteiger partial charge in [0.25, 0.3) is 6.01 Å². The molecule has 1 radical (unpaired) electrons. The van der Waals surface area contributed by atoms with Gasteiger partial charge < -0.3 is 10.2 Å². The van der Waals surface area contributed by atoms with Gasteiger partial charge in [-0.1, -0.05) is 6.07 Å². The van der Waals surface area contributed by atoms with Crippen molar-refractivity contribution in [1.29, 1.82) is 0 Å². The van der Waals surface area contributed by atoms with E-state index in [0.29, 0.717) is 11.1 Å². The van der Waals surface area contributed by atoms with E-state index in [9.17, 15) is 4.39 Å². The van der Waals surface area contributed by atoms with Crippen LogP contribution in [0.25, 0.3) is 11.1 Å². The smallest absolute Gasteiger partial charge is 0.293 e. The van der Waals surface area contributed by atoms with E-state index in [0.717, 1.165) is 0 Å². The Hall–Kier alpha value is -1.58. The van der Waals surface area contributed by atoms with Crippen LogP contribution in [0, 0.1) is 12.7 Å². The first-order chi connectivity index (χ1) is 5.68. The van der Waals surface area contributed by atoms with Gasteiger partial charge in [-0.2, -0.15) is 4.98 Å². The van der Waals surface area contributed by atoms with Crippen LogP contribution in [0.15, 0.2) is 16.5 Å². The summed E-state index contributed by atoms with van der Waals surface area (Å²) in [5.74, 6) is -0.446. The molecular formula is C8H6FN2O. The number of hydrogen-bond acceptors (Lipinski definition) is 3. The molecule has 0 spiro atoms. The topological polar surface area (TPSA) is 52.0 Å². The highest BCUT2D eigenvalue weighted by Gasteiger charge is 2.09. The quantitative estimate of drug-likeness (QED) is 0.646. The van der Waals surface area contributed by atoms with Gasteiger partial charge in [0.2, 0.25) is 0 Å². The van der Waals surface area contributed by atoms with Crippen LogP contribution in [0.1, 0.15) is 5.56 Å². The lowest BCUT2D eigenvalue weighted by Crippen LogP contribution is -1.82. The Morgan fingerprint density at radius 1 is 1.50 bits per heavy atom. The van der Waals surface area contributed by atoms with Crippen molar-refractivity contribution >= 4 is 17.1 Å². The van der Waals surface area contributed by atoms with E-state index in [1.165, 1.54) is 12.1 Å². The standard InChI is InChI=1S/C8H6FN2O/c1-4-2-3-5(9)6-7(4)12-8(10)11-6/h2-3H,1H2,(H2,10,11). The Morgan fingerprint density at radius 2 is 2.25 bits per heavy atom. The number of rotatable bonds is 0. The zero-order chi connectivity index (χ0) is 8.72. The van der Waals surface area contributed by atoms with Crippen molar-refractivity contribution in [3.63, 3.8) is 0 Å². The zero-order valence-electron chi connectivity index (χ0n) is 6.17. The van der Waals surface area contributed by atoms with E-state index in [1.807, 2.05) is 0 Å². The summed E-state index contributed by atoms with van der Waals surface area (Å²) in [7, 11) is 0. The van der Waals surface area contributed by atoms with E-state index < -0.39 is 5.82 Å². The average Bonchev–Trinajstić information content (AvgIpc) is 2.41. The second kappa shape index (κ2) is 2.20. The molecule has 2 aromatic rings. The molecule has 0 aliphatic carbocycles. The van der Waals surface area contributed by atoms with Gasteiger partial charge in [0.15, 0.2) is 11.4 Å². The number of nitrogens with two attached hydrogens (primary N) is 1. The maximum absolute atomic E-state index is 13.0. The van der Waals surface area contributed by atoms with Gasteiger partial charge in [0.05, 0.1) is 0 Å². The number of nitrogen functional groups attached to an aromatic ring is 1. The summed E-state index contributed by atoms with van der Waals surface area (Å²) < 4.78 is 17.9. The van der Waals surface area contributed by atoms with Crippen LogP contribution in [-0.4, -0.2) is 4.98 Å². The third-order valence-corrected chi connectivity index (χ3v) is 1.59. The van der Waals surface area contributed by atoms with Crippen LogP contribution < -0.4 is 5.73 Å².